The number of carbonyl (C=O) groups excluding carboxylic acids is 4. The van der Waals surface area contributed by atoms with E-state index in [0.717, 1.165) is 20.8 Å². The van der Waals surface area contributed by atoms with E-state index in [2.05, 4.69) is 0 Å². The maximum atomic E-state index is 10.9. The molecule has 0 saturated carbocycles. The van der Waals surface area contributed by atoms with E-state index in [1.165, 1.54) is 0 Å². The molecule has 0 aliphatic rings. The van der Waals surface area contributed by atoms with Crippen LogP contribution < -0.4 is 0 Å². The van der Waals surface area contributed by atoms with Crippen LogP contribution in [0.15, 0.2) is 0 Å². The first kappa shape index (κ1) is 15.3. The second kappa shape index (κ2) is 6.79. The van der Waals surface area contributed by atoms with Crippen LogP contribution in [0, 0.1) is 0 Å². The zero-order valence-electron chi connectivity index (χ0n) is 9.85. The molecule has 17 heavy (non-hydrogen) atoms. The van der Waals surface area contributed by atoms with Crippen molar-refractivity contribution in [1.29, 1.82) is 0 Å². The van der Waals surface area contributed by atoms with Gasteiger partial charge in [0.2, 0.25) is 0 Å². The number of aldehydes is 1. The summed E-state index contributed by atoms with van der Waals surface area (Å²) >= 11 is 0. The summed E-state index contributed by atoms with van der Waals surface area (Å²) in [6.45, 7) is 3.28. The summed E-state index contributed by atoms with van der Waals surface area (Å²) in [5, 5.41) is 0. The van der Waals surface area contributed by atoms with Crippen LogP contribution in [0.5, 0.6) is 0 Å². The van der Waals surface area contributed by atoms with Gasteiger partial charge in [-0.25, -0.2) is 0 Å². The van der Waals surface area contributed by atoms with Gasteiger partial charge in [-0.2, -0.15) is 0 Å². The van der Waals surface area contributed by atoms with Crippen molar-refractivity contribution < 1.29 is 32.5 Å². The third-order valence-electron chi connectivity index (χ3n) is 1.47. The summed E-state index contributed by atoms with van der Waals surface area (Å²) < 4.78 is 14.4. The molecule has 0 saturated heterocycles. The molecule has 96 valence electrons. The van der Waals surface area contributed by atoms with E-state index in [1.54, 1.807) is 0 Å². The molecule has 0 unspecified atom stereocenters. The molecule has 0 aromatic heterocycles. The van der Waals surface area contributed by atoms with Crippen LogP contribution in [0.1, 0.15) is 27.2 Å². The lowest BCUT2D eigenvalue weighted by atomic mass is 10.6. The molecule has 0 atom stereocenters. The fourth-order valence-corrected chi connectivity index (χ4v) is 3.32. The van der Waals surface area contributed by atoms with Crippen LogP contribution in [0.3, 0.4) is 0 Å². The summed E-state index contributed by atoms with van der Waals surface area (Å²) in [7, 11) is -3.79. The van der Waals surface area contributed by atoms with E-state index < -0.39 is 26.7 Å². The molecule has 0 aliphatic heterocycles. The summed E-state index contributed by atoms with van der Waals surface area (Å²) in [5.41, 5.74) is 0. The molecule has 0 spiro atoms. The Morgan fingerprint density at radius 3 is 1.53 bits per heavy atom. The number of hydrogen-bond donors (Lipinski definition) is 0. The first-order valence-electron chi connectivity index (χ1n) is 4.83. The van der Waals surface area contributed by atoms with Crippen molar-refractivity contribution in [3.05, 3.63) is 0 Å². The highest BCUT2D eigenvalue weighted by atomic mass is 28.4. The smallest absolute Gasteiger partial charge is 0.455 e. The zero-order chi connectivity index (χ0) is 13.5. The predicted molar refractivity (Wildman–Crippen MR) is 56.5 cm³/mol. The lowest BCUT2D eigenvalue weighted by molar-refractivity contribution is -0.148. The molecule has 0 rings (SSSR count). The van der Waals surface area contributed by atoms with Gasteiger partial charge in [0.25, 0.3) is 17.9 Å². The number of carbonyl (C=O) groups is 4. The van der Waals surface area contributed by atoms with Crippen LogP contribution in [-0.2, 0) is 32.5 Å². The van der Waals surface area contributed by atoms with Crippen LogP contribution in [-0.4, -0.2) is 33.0 Å². The molecule has 8 heteroatoms. The van der Waals surface area contributed by atoms with E-state index in [-0.39, 0.29) is 12.5 Å². The van der Waals surface area contributed by atoms with Gasteiger partial charge in [0.15, 0.2) is 0 Å². The number of hydrogen-bond acceptors (Lipinski definition) is 7. The van der Waals surface area contributed by atoms with Gasteiger partial charge in [0.05, 0.1) is 6.04 Å². The van der Waals surface area contributed by atoms with E-state index in [1.807, 2.05) is 0 Å². The topological polar surface area (TPSA) is 96.0 Å². The van der Waals surface area contributed by atoms with Gasteiger partial charge in [-0.1, -0.05) is 0 Å². The Balaban J connectivity index is 5.01. The molecule has 0 amide bonds. The molecule has 0 aromatic rings. The molecule has 0 fully saturated rings. The fraction of sp³-hybridized carbons (Fsp3) is 0.556. The van der Waals surface area contributed by atoms with E-state index >= 15 is 0 Å². The van der Waals surface area contributed by atoms with Gasteiger partial charge in [-0.05, 0) is 0 Å². The monoisotopic (exact) mass is 262 g/mol. The van der Waals surface area contributed by atoms with Gasteiger partial charge in [0, 0.05) is 27.2 Å². The van der Waals surface area contributed by atoms with Gasteiger partial charge >= 0.3 is 8.80 Å². The quantitative estimate of drug-likeness (QED) is 0.498. The summed E-state index contributed by atoms with van der Waals surface area (Å²) in [5.74, 6) is -2.24. The third kappa shape index (κ3) is 6.46. The Hall–Kier alpha value is -1.70. The normalized spacial score (nSPS) is 10.3. The summed E-state index contributed by atoms with van der Waals surface area (Å²) in [6.07, 6.45) is 0.512. The Labute approximate surface area is 99.4 Å². The minimum atomic E-state index is -3.79. The second-order valence-electron chi connectivity index (χ2n) is 3.17. The highest BCUT2D eigenvalue weighted by molar-refractivity contribution is 6.65. The Morgan fingerprint density at radius 1 is 0.941 bits per heavy atom. The lowest BCUT2D eigenvalue weighted by Crippen LogP contribution is -2.49. The first-order chi connectivity index (χ1) is 7.81. The standard InChI is InChI=1S/C9H14O7Si/c1-7(11)14-17(6-4-5-10,15-8(2)12)16-9(3)13/h5H,4,6H2,1-3H3. The molecule has 0 bridgehead atoms. The summed E-state index contributed by atoms with van der Waals surface area (Å²) in [6, 6.07) is -0.116. The second-order valence-corrected chi connectivity index (χ2v) is 5.65. The minimum absolute atomic E-state index is 0.0416. The van der Waals surface area contributed by atoms with Crippen LogP contribution in [0.25, 0.3) is 0 Å². The Bertz CT molecular complexity index is 285. The fourth-order valence-electron chi connectivity index (χ4n) is 1.11. The molecule has 0 aliphatic carbocycles. The van der Waals surface area contributed by atoms with Crippen LogP contribution in [0.4, 0.5) is 0 Å². The highest BCUT2D eigenvalue weighted by Gasteiger charge is 2.51. The van der Waals surface area contributed by atoms with Crippen molar-refractivity contribution in [2.24, 2.45) is 0 Å². The van der Waals surface area contributed by atoms with Crippen molar-refractivity contribution in [3.8, 4) is 0 Å². The lowest BCUT2D eigenvalue weighted by Gasteiger charge is -2.25. The molecule has 0 radical (unpaired) electrons. The Morgan fingerprint density at radius 2 is 1.29 bits per heavy atom. The van der Waals surface area contributed by atoms with Gasteiger partial charge in [0.1, 0.15) is 6.29 Å². The maximum Gasteiger partial charge on any atom is 0.705 e. The van der Waals surface area contributed by atoms with Crippen molar-refractivity contribution in [2.75, 3.05) is 0 Å². The Kier molecular flexibility index (Phi) is 6.11. The molecular formula is C9H14O7Si. The van der Waals surface area contributed by atoms with Crippen molar-refractivity contribution in [2.45, 2.75) is 33.2 Å². The maximum absolute atomic E-state index is 10.9. The van der Waals surface area contributed by atoms with Crippen molar-refractivity contribution >= 4 is 33.0 Å². The largest absolute Gasteiger partial charge is 0.705 e. The van der Waals surface area contributed by atoms with Crippen molar-refractivity contribution in [1.82, 2.24) is 0 Å². The molecule has 0 heterocycles. The molecule has 7 nitrogen and oxygen atoms in total. The van der Waals surface area contributed by atoms with Gasteiger partial charge in [-0.15, -0.1) is 0 Å². The van der Waals surface area contributed by atoms with E-state index in [0.29, 0.717) is 6.29 Å². The average molecular weight is 262 g/mol. The third-order valence-corrected chi connectivity index (χ3v) is 4.16. The van der Waals surface area contributed by atoms with Crippen LogP contribution in [0.2, 0.25) is 6.04 Å². The summed E-state index contributed by atoms with van der Waals surface area (Å²) in [4.78, 5) is 43.1. The van der Waals surface area contributed by atoms with Gasteiger partial charge in [-0.3, -0.25) is 14.4 Å². The molecule has 0 aromatic carbocycles. The SMILES string of the molecule is CC(=O)O[Si](CCC=O)(OC(C)=O)OC(C)=O. The van der Waals surface area contributed by atoms with Crippen molar-refractivity contribution in [3.63, 3.8) is 0 Å². The average Bonchev–Trinajstić information content (AvgIpc) is 2.11. The predicted octanol–water partition coefficient (Wildman–Crippen LogP) is 0.204. The van der Waals surface area contributed by atoms with E-state index in [4.69, 9.17) is 13.3 Å². The van der Waals surface area contributed by atoms with Crippen LogP contribution >= 0.6 is 0 Å². The van der Waals surface area contributed by atoms with Gasteiger partial charge < -0.3 is 18.1 Å². The molecular weight excluding hydrogens is 248 g/mol. The number of rotatable bonds is 6. The minimum Gasteiger partial charge on any atom is -0.455 e. The molecule has 0 N–H and O–H groups in total. The first-order valence-corrected chi connectivity index (χ1v) is 6.77. The van der Waals surface area contributed by atoms with E-state index in [9.17, 15) is 19.2 Å². The zero-order valence-corrected chi connectivity index (χ0v) is 10.8. The highest BCUT2D eigenvalue weighted by Crippen LogP contribution is 2.18.